The number of urea groups is 1. The maximum absolute atomic E-state index is 11.6. The number of rotatable bonds is 6. The van der Waals surface area contributed by atoms with E-state index < -0.39 is 24.0 Å². The van der Waals surface area contributed by atoms with E-state index in [-0.39, 0.29) is 6.54 Å². The van der Waals surface area contributed by atoms with Gasteiger partial charge in [-0.3, -0.25) is 9.59 Å². The molecule has 0 aromatic carbocycles. The van der Waals surface area contributed by atoms with Gasteiger partial charge in [-0.15, -0.1) is 0 Å². The van der Waals surface area contributed by atoms with E-state index in [0.29, 0.717) is 13.0 Å². The van der Waals surface area contributed by atoms with Crippen molar-refractivity contribution in [2.45, 2.75) is 26.3 Å². The summed E-state index contributed by atoms with van der Waals surface area (Å²) in [4.78, 5) is 34.5. The Kier molecular flexibility index (Phi) is 6.69. The molecule has 7 nitrogen and oxygen atoms in total. The number of amides is 2. The van der Waals surface area contributed by atoms with Crippen LogP contribution in [-0.2, 0) is 14.3 Å². The van der Waals surface area contributed by atoms with Gasteiger partial charge in [-0.05, 0) is 13.3 Å². The third-order valence-corrected chi connectivity index (χ3v) is 2.04. The summed E-state index contributed by atoms with van der Waals surface area (Å²) in [6.45, 7) is 3.36. The highest BCUT2D eigenvalue weighted by atomic mass is 16.5. The number of hydrogen-bond acceptors (Lipinski definition) is 4. The van der Waals surface area contributed by atoms with E-state index in [4.69, 9.17) is 5.11 Å². The molecule has 0 aromatic rings. The molecule has 0 fully saturated rings. The van der Waals surface area contributed by atoms with Crippen LogP contribution in [0.15, 0.2) is 0 Å². The first-order chi connectivity index (χ1) is 7.92. The molecule has 0 rings (SSSR count). The molecule has 17 heavy (non-hydrogen) atoms. The molecule has 0 bridgehead atoms. The van der Waals surface area contributed by atoms with Crippen LogP contribution in [0.3, 0.4) is 0 Å². The quantitative estimate of drug-likeness (QED) is 0.646. The first-order valence-corrected chi connectivity index (χ1v) is 5.27. The first kappa shape index (κ1) is 15.2. The summed E-state index contributed by atoms with van der Waals surface area (Å²) in [7, 11) is 1.23. The summed E-state index contributed by atoms with van der Waals surface area (Å²) < 4.78 is 4.45. The molecule has 0 spiro atoms. The zero-order valence-electron chi connectivity index (χ0n) is 10.2. The maximum atomic E-state index is 11.6. The normalized spacial score (nSPS) is 11.5. The van der Waals surface area contributed by atoms with Gasteiger partial charge in [-0.25, -0.2) is 4.79 Å². The summed E-state index contributed by atoms with van der Waals surface area (Å²) in [5.74, 6) is -1.68. The van der Waals surface area contributed by atoms with Crippen molar-refractivity contribution >= 4 is 18.0 Å². The minimum absolute atomic E-state index is 0.192. The van der Waals surface area contributed by atoms with Crippen LogP contribution >= 0.6 is 0 Å². The summed E-state index contributed by atoms with van der Waals surface area (Å²) in [5, 5.41) is 10.9. The lowest BCUT2D eigenvalue weighted by atomic mass is 10.3. The van der Waals surface area contributed by atoms with Gasteiger partial charge in [0.2, 0.25) is 0 Å². The molecular formula is C10H18N2O5. The van der Waals surface area contributed by atoms with Crippen molar-refractivity contribution in [3.8, 4) is 0 Å². The Bertz CT molecular complexity index is 292. The van der Waals surface area contributed by atoms with Crippen molar-refractivity contribution in [2.75, 3.05) is 20.2 Å². The Morgan fingerprint density at radius 3 is 2.41 bits per heavy atom. The van der Waals surface area contributed by atoms with Gasteiger partial charge in [0.1, 0.15) is 12.6 Å². The van der Waals surface area contributed by atoms with E-state index in [1.807, 2.05) is 6.92 Å². The number of carbonyl (C=O) groups excluding carboxylic acids is 2. The standard InChI is InChI=1S/C10H18N2O5/c1-4-5-12(6-8(13)17-3)10(16)11-7(2)9(14)15/h7H,4-6H2,1-3H3,(H,11,16)(H,14,15). The first-order valence-electron chi connectivity index (χ1n) is 5.27. The molecule has 0 aromatic heterocycles. The van der Waals surface area contributed by atoms with Crippen molar-refractivity contribution in [2.24, 2.45) is 0 Å². The van der Waals surface area contributed by atoms with Gasteiger partial charge in [0.05, 0.1) is 7.11 Å². The van der Waals surface area contributed by atoms with Gasteiger partial charge in [-0.1, -0.05) is 6.92 Å². The van der Waals surface area contributed by atoms with Crippen LogP contribution in [0.1, 0.15) is 20.3 Å². The lowest BCUT2D eigenvalue weighted by Crippen LogP contribution is -2.48. The molecule has 2 amide bonds. The van der Waals surface area contributed by atoms with E-state index in [2.05, 4.69) is 10.1 Å². The third kappa shape index (κ3) is 5.74. The average Bonchev–Trinajstić information content (AvgIpc) is 2.27. The zero-order chi connectivity index (χ0) is 13.4. The van der Waals surface area contributed by atoms with Gasteiger partial charge in [0, 0.05) is 6.54 Å². The highest BCUT2D eigenvalue weighted by Crippen LogP contribution is 1.95. The number of esters is 1. The molecule has 0 saturated carbocycles. The minimum Gasteiger partial charge on any atom is -0.480 e. The Morgan fingerprint density at radius 1 is 1.41 bits per heavy atom. The SMILES string of the molecule is CCCN(CC(=O)OC)C(=O)NC(C)C(=O)O. The van der Waals surface area contributed by atoms with E-state index in [1.54, 1.807) is 0 Å². The molecule has 0 aliphatic carbocycles. The number of ether oxygens (including phenoxy) is 1. The molecule has 1 atom stereocenters. The largest absolute Gasteiger partial charge is 0.480 e. The van der Waals surface area contributed by atoms with E-state index in [1.165, 1.54) is 18.9 Å². The lowest BCUT2D eigenvalue weighted by Gasteiger charge is -2.22. The number of hydrogen-bond donors (Lipinski definition) is 2. The van der Waals surface area contributed by atoms with Gasteiger partial charge in [0.15, 0.2) is 0 Å². The number of methoxy groups -OCH3 is 1. The van der Waals surface area contributed by atoms with Crippen LogP contribution in [0.25, 0.3) is 0 Å². The van der Waals surface area contributed by atoms with Crippen molar-refractivity contribution in [1.82, 2.24) is 10.2 Å². The molecule has 0 radical (unpaired) electrons. The summed E-state index contributed by atoms with van der Waals surface area (Å²) in [5.41, 5.74) is 0. The highest BCUT2D eigenvalue weighted by Gasteiger charge is 2.20. The summed E-state index contributed by atoms with van der Waals surface area (Å²) in [6.07, 6.45) is 0.659. The predicted molar refractivity (Wildman–Crippen MR) is 59.5 cm³/mol. The average molecular weight is 246 g/mol. The fraction of sp³-hybridized carbons (Fsp3) is 0.700. The van der Waals surface area contributed by atoms with Crippen LogP contribution in [0.2, 0.25) is 0 Å². The molecule has 0 heterocycles. The van der Waals surface area contributed by atoms with E-state index in [0.717, 1.165) is 0 Å². The second kappa shape index (κ2) is 7.48. The van der Waals surface area contributed by atoms with Crippen LogP contribution in [0, 0.1) is 0 Å². The van der Waals surface area contributed by atoms with Gasteiger partial charge in [-0.2, -0.15) is 0 Å². The van der Waals surface area contributed by atoms with Crippen molar-refractivity contribution in [3.05, 3.63) is 0 Å². The highest BCUT2D eigenvalue weighted by molar-refractivity contribution is 5.84. The molecule has 0 saturated heterocycles. The number of nitrogens with one attached hydrogen (secondary N) is 1. The molecule has 0 aliphatic heterocycles. The van der Waals surface area contributed by atoms with Crippen LogP contribution in [-0.4, -0.2) is 54.2 Å². The number of carbonyl (C=O) groups is 3. The van der Waals surface area contributed by atoms with Gasteiger partial charge < -0.3 is 20.1 Å². The molecular weight excluding hydrogens is 228 g/mol. The monoisotopic (exact) mass is 246 g/mol. The predicted octanol–water partition coefficient (Wildman–Crippen LogP) is 0.0541. The Morgan fingerprint density at radius 2 is 2.00 bits per heavy atom. The fourth-order valence-corrected chi connectivity index (χ4v) is 1.08. The van der Waals surface area contributed by atoms with Crippen molar-refractivity contribution in [3.63, 3.8) is 0 Å². The summed E-state index contributed by atoms with van der Waals surface area (Å²) >= 11 is 0. The number of carboxylic acids is 1. The molecule has 98 valence electrons. The number of nitrogens with zero attached hydrogens (tertiary/aromatic N) is 1. The third-order valence-electron chi connectivity index (χ3n) is 2.04. The second-order valence-corrected chi connectivity index (χ2v) is 3.51. The minimum atomic E-state index is -1.13. The smallest absolute Gasteiger partial charge is 0.325 e. The van der Waals surface area contributed by atoms with Crippen molar-refractivity contribution < 1.29 is 24.2 Å². The van der Waals surface area contributed by atoms with Crippen LogP contribution < -0.4 is 5.32 Å². The van der Waals surface area contributed by atoms with E-state index >= 15 is 0 Å². The molecule has 2 N–H and O–H groups in total. The van der Waals surface area contributed by atoms with E-state index in [9.17, 15) is 14.4 Å². The van der Waals surface area contributed by atoms with Crippen LogP contribution in [0.4, 0.5) is 4.79 Å². The molecule has 1 unspecified atom stereocenters. The van der Waals surface area contributed by atoms with Gasteiger partial charge in [0.25, 0.3) is 0 Å². The van der Waals surface area contributed by atoms with Gasteiger partial charge >= 0.3 is 18.0 Å². The maximum Gasteiger partial charge on any atom is 0.325 e. The molecule has 0 aliphatic rings. The Labute approximate surface area is 99.7 Å². The fourth-order valence-electron chi connectivity index (χ4n) is 1.08. The number of carboxylic acid groups (broad SMARTS) is 1. The zero-order valence-corrected chi connectivity index (χ0v) is 10.2. The Balaban J connectivity index is 4.43. The Hall–Kier alpha value is -1.79. The lowest BCUT2D eigenvalue weighted by molar-refractivity contribution is -0.141. The topological polar surface area (TPSA) is 95.9 Å². The van der Waals surface area contributed by atoms with Crippen molar-refractivity contribution in [1.29, 1.82) is 0 Å². The summed E-state index contributed by atoms with van der Waals surface area (Å²) in [6, 6.07) is -1.59. The van der Waals surface area contributed by atoms with Crippen LogP contribution in [0.5, 0.6) is 0 Å². The number of aliphatic carboxylic acids is 1. The molecule has 7 heteroatoms. The second-order valence-electron chi connectivity index (χ2n) is 3.51.